The Labute approximate surface area is 200 Å². The van der Waals surface area contributed by atoms with E-state index < -0.39 is 5.60 Å². The van der Waals surface area contributed by atoms with Crippen LogP contribution in [0.3, 0.4) is 0 Å². The quantitative estimate of drug-likeness (QED) is 0.615. The standard InChI is InChI=1S/C27H30N6O/c1-17-12-31(23-8-5-18(11-28)26-22(23)4-3-9-30-26)14-24-21-7-6-20(10-19(21)13-33(17)24)32-15-25(29)27(2,34)16-32/h3-10,17,24-25,34H,12-16,29H2,1-2H3/t17-,24-,25-,27-/m1/s1. The summed E-state index contributed by atoms with van der Waals surface area (Å²) < 4.78 is 0. The average Bonchev–Trinajstić information content (AvgIpc) is 3.34. The van der Waals surface area contributed by atoms with Gasteiger partial charge >= 0.3 is 0 Å². The molecule has 0 unspecified atom stereocenters. The van der Waals surface area contributed by atoms with Crippen molar-refractivity contribution in [2.75, 3.05) is 36.0 Å². The van der Waals surface area contributed by atoms with Gasteiger partial charge in [0.1, 0.15) is 6.07 Å². The maximum Gasteiger partial charge on any atom is 0.101 e. The molecule has 0 spiro atoms. The Morgan fingerprint density at radius 1 is 1.15 bits per heavy atom. The third kappa shape index (κ3) is 3.25. The number of aliphatic hydroxyl groups is 1. The van der Waals surface area contributed by atoms with E-state index in [1.54, 1.807) is 6.20 Å². The van der Waals surface area contributed by atoms with Crippen LogP contribution < -0.4 is 15.5 Å². The fraction of sp³-hybridized carbons (Fsp3) is 0.407. The summed E-state index contributed by atoms with van der Waals surface area (Å²) in [5.74, 6) is 0. The Bertz CT molecular complexity index is 1310. The van der Waals surface area contributed by atoms with Crippen molar-refractivity contribution >= 4 is 22.3 Å². The Hall–Kier alpha value is -3.18. The largest absolute Gasteiger partial charge is 0.387 e. The molecule has 3 aliphatic heterocycles. The minimum absolute atomic E-state index is 0.239. The molecular formula is C27H30N6O. The highest BCUT2D eigenvalue weighted by molar-refractivity contribution is 5.95. The smallest absolute Gasteiger partial charge is 0.101 e. The molecule has 0 bridgehead atoms. The number of nitrogens with zero attached hydrogens (tertiary/aromatic N) is 5. The third-order valence-electron chi connectivity index (χ3n) is 7.98. The van der Waals surface area contributed by atoms with E-state index in [4.69, 9.17) is 5.73 Å². The molecule has 3 N–H and O–H groups in total. The molecule has 2 saturated heterocycles. The number of hydrogen-bond acceptors (Lipinski definition) is 7. The SMILES string of the molecule is C[C@@H]1CN(c2ccc(C#N)c3ncccc23)C[C@@H]2c3ccc(N4C[C@@H](N)[C@](C)(O)C4)cc3CN12. The summed E-state index contributed by atoms with van der Waals surface area (Å²) in [6.45, 7) is 8.12. The number of aromatic nitrogens is 1. The number of nitriles is 1. The van der Waals surface area contributed by atoms with Gasteiger partial charge in [-0.25, -0.2) is 0 Å². The fourth-order valence-electron chi connectivity index (χ4n) is 6.03. The first kappa shape index (κ1) is 21.4. The van der Waals surface area contributed by atoms with Crippen molar-refractivity contribution in [3.8, 4) is 6.07 Å². The van der Waals surface area contributed by atoms with Gasteiger partial charge in [-0.15, -0.1) is 0 Å². The molecule has 3 aromatic rings. The van der Waals surface area contributed by atoms with Crippen LogP contribution in [-0.4, -0.2) is 58.9 Å². The van der Waals surface area contributed by atoms with E-state index in [2.05, 4.69) is 63.0 Å². The molecule has 4 atom stereocenters. The molecule has 7 nitrogen and oxygen atoms in total. The third-order valence-corrected chi connectivity index (χ3v) is 7.98. The number of nitrogens with two attached hydrogens (primary N) is 1. The van der Waals surface area contributed by atoms with Crippen LogP contribution >= 0.6 is 0 Å². The number of benzene rings is 2. The number of fused-ring (bicyclic) bond motifs is 4. The second kappa shape index (κ2) is 7.67. The van der Waals surface area contributed by atoms with E-state index >= 15 is 0 Å². The molecule has 0 aliphatic carbocycles. The number of rotatable bonds is 2. The molecule has 0 saturated carbocycles. The first-order valence-corrected chi connectivity index (χ1v) is 12.0. The van der Waals surface area contributed by atoms with E-state index in [-0.39, 0.29) is 6.04 Å². The maximum absolute atomic E-state index is 10.5. The van der Waals surface area contributed by atoms with Gasteiger partial charge in [0.2, 0.25) is 0 Å². The van der Waals surface area contributed by atoms with Crippen LogP contribution in [-0.2, 0) is 6.54 Å². The van der Waals surface area contributed by atoms with Crippen molar-refractivity contribution < 1.29 is 5.11 Å². The summed E-state index contributed by atoms with van der Waals surface area (Å²) in [6.07, 6.45) is 1.75. The summed E-state index contributed by atoms with van der Waals surface area (Å²) in [5.41, 5.74) is 11.7. The van der Waals surface area contributed by atoms with E-state index in [9.17, 15) is 10.4 Å². The fourth-order valence-corrected chi connectivity index (χ4v) is 6.03. The molecule has 2 fully saturated rings. The highest BCUT2D eigenvalue weighted by Crippen LogP contribution is 2.42. The Morgan fingerprint density at radius 3 is 2.76 bits per heavy atom. The molecule has 2 aromatic carbocycles. The highest BCUT2D eigenvalue weighted by Gasteiger charge is 2.41. The number of pyridine rings is 1. The zero-order valence-electron chi connectivity index (χ0n) is 19.6. The minimum atomic E-state index is -0.857. The normalized spacial score (nSPS) is 28.7. The molecule has 7 heteroatoms. The van der Waals surface area contributed by atoms with Crippen molar-refractivity contribution in [1.29, 1.82) is 5.26 Å². The molecule has 0 amide bonds. The van der Waals surface area contributed by atoms with E-state index in [1.165, 1.54) is 11.1 Å². The first-order valence-electron chi connectivity index (χ1n) is 12.0. The van der Waals surface area contributed by atoms with Crippen molar-refractivity contribution in [1.82, 2.24) is 9.88 Å². The van der Waals surface area contributed by atoms with Gasteiger partial charge in [-0.05, 0) is 61.4 Å². The van der Waals surface area contributed by atoms with E-state index in [0.717, 1.165) is 41.9 Å². The number of piperazine rings is 1. The Balaban J connectivity index is 1.32. The Morgan fingerprint density at radius 2 is 2.00 bits per heavy atom. The maximum atomic E-state index is 10.5. The van der Waals surface area contributed by atoms with Gasteiger partial charge in [0.05, 0.1) is 28.8 Å². The number of anilines is 2. The van der Waals surface area contributed by atoms with Crippen LogP contribution in [0.25, 0.3) is 10.9 Å². The first-order chi connectivity index (χ1) is 16.4. The molecule has 4 heterocycles. The van der Waals surface area contributed by atoms with Crippen LogP contribution in [0.4, 0.5) is 11.4 Å². The second-order valence-electron chi connectivity index (χ2n) is 10.3. The van der Waals surface area contributed by atoms with E-state index in [1.807, 2.05) is 19.1 Å². The van der Waals surface area contributed by atoms with Gasteiger partial charge in [0, 0.05) is 61.7 Å². The predicted octanol–water partition coefficient (Wildman–Crippen LogP) is 2.77. The molecule has 174 valence electrons. The minimum Gasteiger partial charge on any atom is -0.387 e. The summed E-state index contributed by atoms with van der Waals surface area (Å²) in [6, 6.07) is 17.5. The van der Waals surface area contributed by atoms with Crippen LogP contribution in [0.2, 0.25) is 0 Å². The lowest BCUT2D eigenvalue weighted by molar-refractivity contribution is 0.0674. The molecule has 1 aromatic heterocycles. The topological polar surface area (TPSA) is 92.7 Å². The van der Waals surface area contributed by atoms with Gasteiger partial charge in [-0.1, -0.05) is 6.07 Å². The molecule has 3 aliphatic rings. The van der Waals surface area contributed by atoms with Gasteiger partial charge in [0.25, 0.3) is 0 Å². The van der Waals surface area contributed by atoms with Gasteiger partial charge < -0.3 is 20.6 Å². The predicted molar refractivity (Wildman–Crippen MR) is 134 cm³/mol. The lowest BCUT2D eigenvalue weighted by Crippen LogP contribution is -2.51. The lowest BCUT2D eigenvalue weighted by atomic mass is 9.99. The zero-order chi connectivity index (χ0) is 23.6. The Kier molecular flexibility index (Phi) is 4.82. The highest BCUT2D eigenvalue weighted by atomic mass is 16.3. The van der Waals surface area contributed by atoms with Crippen LogP contribution in [0.15, 0.2) is 48.7 Å². The van der Waals surface area contributed by atoms with Crippen LogP contribution in [0, 0.1) is 11.3 Å². The number of hydrogen-bond donors (Lipinski definition) is 2. The molecule has 34 heavy (non-hydrogen) atoms. The van der Waals surface area contributed by atoms with Crippen molar-refractivity contribution in [3.05, 3.63) is 65.4 Å². The summed E-state index contributed by atoms with van der Waals surface area (Å²) in [7, 11) is 0. The molecular weight excluding hydrogens is 424 g/mol. The second-order valence-corrected chi connectivity index (χ2v) is 10.3. The van der Waals surface area contributed by atoms with Gasteiger partial charge in [0.15, 0.2) is 0 Å². The van der Waals surface area contributed by atoms with Crippen molar-refractivity contribution in [3.63, 3.8) is 0 Å². The van der Waals surface area contributed by atoms with Gasteiger partial charge in [-0.2, -0.15) is 5.26 Å². The molecule has 6 rings (SSSR count). The van der Waals surface area contributed by atoms with Crippen molar-refractivity contribution in [2.24, 2.45) is 5.73 Å². The van der Waals surface area contributed by atoms with E-state index in [0.29, 0.717) is 30.7 Å². The monoisotopic (exact) mass is 454 g/mol. The summed E-state index contributed by atoms with van der Waals surface area (Å²) in [4.78, 5) is 11.8. The lowest BCUT2D eigenvalue weighted by Gasteiger charge is -2.43. The summed E-state index contributed by atoms with van der Waals surface area (Å²) in [5, 5.41) is 21.1. The average molecular weight is 455 g/mol. The number of β-amino-alcohol motifs (C(OH)–C–C–N with tert-alkyl or cyclic N) is 1. The zero-order valence-corrected chi connectivity index (χ0v) is 19.6. The van der Waals surface area contributed by atoms with Crippen LogP contribution in [0.1, 0.15) is 36.6 Å². The van der Waals surface area contributed by atoms with Crippen molar-refractivity contribution in [2.45, 2.75) is 44.1 Å². The van der Waals surface area contributed by atoms with Crippen LogP contribution in [0.5, 0.6) is 0 Å². The summed E-state index contributed by atoms with van der Waals surface area (Å²) >= 11 is 0. The van der Waals surface area contributed by atoms with Gasteiger partial charge in [-0.3, -0.25) is 9.88 Å². The molecule has 0 radical (unpaired) electrons.